The predicted molar refractivity (Wildman–Crippen MR) is 225 cm³/mol. The highest BCUT2D eigenvalue weighted by Crippen LogP contribution is 2.45. The molecule has 3 nitrogen and oxygen atoms in total. The lowest BCUT2D eigenvalue weighted by molar-refractivity contribution is 0.378. The molecule has 0 saturated heterocycles. The van der Waals surface area contributed by atoms with Crippen LogP contribution in [0, 0.1) is 5.92 Å². The van der Waals surface area contributed by atoms with E-state index >= 15 is 0 Å². The van der Waals surface area contributed by atoms with Crippen molar-refractivity contribution in [2.24, 2.45) is 5.92 Å². The summed E-state index contributed by atoms with van der Waals surface area (Å²) >= 11 is 0. The van der Waals surface area contributed by atoms with E-state index in [1.807, 2.05) is 0 Å². The molecular weight excluding hydrogens is 643 g/mol. The first-order chi connectivity index (χ1) is 26.3. The molecule has 1 aliphatic heterocycles. The van der Waals surface area contributed by atoms with Crippen LogP contribution >= 0.6 is 0 Å². The van der Waals surface area contributed by atoms with Gasteiger partial charge in [-0.25, -0.2) is 0 Å². The molecule has 0 fully saturated rings. The maximum Gasteiger partial charge on any atom is 0.104 e. The summed E-state index contributed by atoms with van der Waals surface area (Å²) in [5.74, 6) is 0.233. The molecule has 2 N–H and O–H groups in total. The molecule has 3 atom stereocenters. The largest absolute Gasteiger partial charge is 0.366 e. The summed E-state index contributed by atoms with van der Waals surface area (Å²) in [4.78, 5) is 0. The fourth-order valence-electron chi connectivity index (χ4n) is 9.17. The molecule has 11 rings (SSSR count). The zero-order valence-electron chi connectivity index (χ0n) is 29.2. The van der Waals surface area contributed by atoms with Crippen LogP contribution in [-0.4, -0.2) is 10.6 Å². The van der Waals surface area contributed by atoms with Gasteiger partial charge in [-0.05, 0) is 68.1 Å². The second-order valence-corrected chi connectivity index (χ2v) is 14.5. The molecule has 53 heavy (non-hydrogen) atoms. The second-order valence-electron chi connectivity index (χ2n) is 14.5. The van der Waals surface area contributed by atoms with Crippen LogP contribution in [-0.2, 0) is 0 Å². The molecule has 2 aliphatic rings. The minimum Gasteiger partial charge on any atom is -0.366 e. The number of nitrogens with zero attached hydrogens (tertiary/aromatic N) is 1. The average Bonchev–Trinajstić information content (AvgIpc) is 3.59. The molecular formula is C50H37N3. The van der Waals surface area contributed by atoms with Crippen molar-refractivity contribution in [1.29, 1.82) is 0 Å². The molecule has 3 heteroatoms. The number of rotatable bonds is 4. The number of fused-ring (bicyclic) bond motifs is 11. The Morgan fingerprint density at radius 1 is 0.509 bits per heavy atom. The van der Waals surface area contributed by atoms with Gasteiger partial charge < -0.3 is 9.88 Å². The Bertz CT molecular complexity index is 2990. The van der Waals surface area contributed by atoms with Gasteiger partial charge in [0.05, 0.1) is 11.0 Å². The van der Waals surface area contributed by atoms with Gasteiger partial charge in [0.2, 0.25) is 0 Å². The molecule has 0 spiro atoms. The van der Waals surface area contributed by atoms with Crippen LogP contribution in [0.1, 0.15) is 23.7 Å². The number of benzene rings is 8. The standard InChI is InChI=1S/C50H37N3/c1-2-16-34(17-3-1)44-31-45(52-50(51-44)42-26-13-18-32-14-4-6-21-37(32)42)35-19-12-20-36(30-35)53-46-27-11-10-25-43(46)48-47-38-22-7-5-15-33(38)28-29-40(47)39-23-8-9-24-41(39)49(48)53/h1-18,20-31,35,45,50-52H,19H2. The monoisotopic (exact) mass is 679 g/mol. The van der Waals surface area contributed by atoms with Gasteiger partial charge >= 0.3 is 0 Å². The smallest absolute Gasteiger partial charge is 0.104 e. The highest BCUT2D eigenvalue weighted by molar-refractivity contribution is 6.37. The third-order valence-corrected chi connectivity index (χ3v) is 11.6. The van der Waals surface area contributed by atoms with Crippen molar-refractivity contribution < 1.29 is 0 Å². The minimum absolute atomic E-state index is 0.0501. The SMILES string of the molecule is C1=CC(n2c3ccccc3c3c4c5ccccc5ccc4c4ccccc4c32)=CC(C2C=C(c3ccccc3)NC(c3cccc4ccccc34)N2)C1. The van der Waals surface area contributed by atoms with Crippen molar-refractivity contribution in [3.63, 3.8) is 0 Å². The molecule has 1 aromatic heterocycles. The Labute approximate surface area is 308 Å². The van der Waals surface area contributed by atoms with Crippen molar-refractivity contribution in [2.75, 3.05) is 0 Å². The van der Waals surface area contributed by atoms with Gasteiger partial charge in [-0.15, -0.1) is 0 Å². The lowest BCUT2D eigenvalue weighted by atomic mass is 9.88. The van der Waals surface area contributed by atoms with Crippen LogP contribution in [0.2, 0.25) is 0 Å². The lowest BCUT2D eigenvalue weighted by Gasteiger charge is -2.37. The maximum atomic E-state index is 4.07. The number of nitrogens with one attached hydrogen (secondary N) is 2. The van der Waals surface area contributed by atoms with Crippen LogP contribution in [0.5, 0.6) is 0 Å². The number of hydrogen-bond donors (Lipinski definition) is 2. The van der Waals surface area contributed by atoms with Gasteiger partial charge in [-0.3, -0.25) is 5.32 Å². The quantitative estimate of drug-likeness (QED) is 0.181. The van der Waals surface area contributed by atoms with Gasteiger partial charge in [0.15, 0.2) is 0 Å². The van der Waals surface area contributed by atoms with E-state index in [-0.39, 0.29) is 18.1 Å². The fraction of sp³-hybridized carbons (Fsp3) is 0.0800. The van der Waals surface area contributed by atoms with Crippen molar-refractivity contribution in [3.8, 4) is 0 Å². The highest BCUT2D eigenvalue weighted by Gasteiger charge is 2.30. The Morgan fingerprint density at radius 2 is 1.19 bits per heavy atom. The van der Waals surface area contributed by atoms with E-state index in [1.165, 1.54) is 81.7 Å². The number of para-hydroxylation sites is 1. The fourth-order valence-corrected chi connectivity index (χ4v) is 9.17. The van der Waals surface area contributed by atoms with Gasteiger partial charge in [0, 0.05) is 44.9 Å². The van der Waals surface area contributed by atoms with E-state index in [0.29, 0.717) is 0 Å². The van der Waals surface area contributed by atoms with Crippen LogP contribution in [0.15, 0.2) is 182 Å². The summed E-state index contributed by atoms with van der Waals surface area (Å²) in [5.41, 5.74) is 7.35. The minimum atomic E-state index is -0.0501. The van der Waals surface area contributed by atoms with Crippen LogP contribution in [0.3, 0.4) is 0 Å². The predicted octanol–water partition coefficient (Wildman–Crippen LogP) is 12.1. The Kier molecular flexibility index (Phi) is 6.89. The summed E-state index contributed by atoms with van der Waals surface area (Å²) in [6, 6.07) is 57.6. The van der Waals surface area contributed by atoms with Gasteiger partial charge in [-0.1, -0.05) is 164 Å². The lowest BCUT2D eigenvalue weighted by Crippen LogP contribution is -2.47. The molecule has 2 heterocycles. The molecule has 9 aromatic rings. The van der Waals surface area contributed by atoms with Crippen molar-refractivity contribution in [2.45, 2.75) is 18.6 Å². The van der Waals surface area contributed by atoms with Gasteiger partial charge in [-0.2, -0.15) is 0 Å². The third kappa shape index (κ3) is 4.78. The second kappa shape index (κ2) is 12.1. The normalized spacial score (nSPS) is 18.9. The van der Waals surface area contributed by atoms with E-state index < -0.39 is 0 Å². The Balaban J connectivity index is 1.12. The summed E-state index contributed by atoms with van der Waals surface area (Å²) in [5, 5.41) is 20.9. The summed E-state index contributed by atoms with van der Waals surface area (Å²) < 4.78 is 2.54. The van der Waals surface area contributed by atoms with Crippen molar-refractivity contribution in [3.05, 3.63) is 193 Å². The first-order valence-corrected chi connectivity index (χ1v) is 18.7. The van der Waals surface area contributed by atoms with Crippen LogP contribution < -0.4 is 10.6 Å². The molecule has 0 bridgehead atoms. The number of hydrogen-bond acceptors (Lipinski definition) is 2. The number of aromatic nitrogens is 1. The molecule has 0 saturated carbocycles. The van der Waals surface area contributed by atoms with Crippen LogP contribution in [0.25, 0.3) is 76.3 Å². The number of allylic oxidation sites excluding steroid dienone is 3. The highest BCUT2D eigenvalue weighted by atomic mass is 15.2. The summed E-state index contributed by atoms with van der Waals surface area (Å²) in [6.07, 6.45) is 10.6. The topological polar surface area (TPSA) is 29.0 Å². The Hall–Kier alpha value is -6.42. The van der Waals surface area contributed by atoms with Gasteiger partial charge in [0.25, 0.3) is 0 Å². The molecule has 0 amide bonds. The molecule has 8 aromatic carbocycles. The van der Waals surface area contributed by atoms with E-state index in [0.717, 1.165) is 12.1 Å². The average molecular weight is 680 g/mol. The first-order valence-electron chi connectivity index (χ1n) is 18.7. The summed E-state index contributed by atoms with van der Waals surface area (Å²) in [7, 11) is 0. The summed E-state index contributed by atoms with van der Waals surface area (Å²) in [6.45, 7) is 0. The third-order valence-electron chi connectivity index (χ3n) is 11.6. The first kappa shape index (κ1) is 30.2. The van der Waals surface area contributed by atoms with Crippen LogP contribution in [0.4, 0.5) is 0 Å². The Morgan fingerprint density at radius 3 is 2.04 bits per heavy atom. The van der Waals surface area contributed by atoms with Crippen molar-refractivity contribution in [1.82, 2.24) is 15.2 Å². The van der Waals surface area contributed by atoms with Gasteiger partial charge in [0.1, 0.15) is 6.17 Å². The molecule has 0 radical (unpaired) electrons. The van der Waals surface area contributed by atoms with E-state index in [9.17, 15) is 0 Å². The molecule has 3 unspecified atom stereocenters. The van der Waals surface area contributed by atoms with E-state index in [1.54, 1.807) is 0 Å². The molecule has 252 valence electrons. The van der Waals surface area contributed by atoms with E-state index in [2.05, 4.69) is 197 Å². The maximum absolute atomic E-state index is 4.07. The molecule has 1 aliphatic carbocycles. The zero-order valence-corrected chi connectivity index (χ0v) is 29.2. The zero-order chi connectivity index (χ0) is 34.9. The van der Waals surface area contributed by atoms with E-state index in [4.69, 9.17) is 0 Å². The van der Waals surface area contributed by atoms with Crippen molar-refractivity contribution >= 4 is 76.3 Å².